The largest absolute Gasteiger partial charge is 0.481 e. The molecule has 2 heterocycles. The van der Waals surface area contributed by atoms with Crippen molar-refractivity contribution in [1.82, 2.24) is 19.9 Å². The van der Waals surface area contributed by atoms with Crippen LogP contribution in [0.2, 0.25) is 0 Å². The highest BCUT2D eigenvalue weighted by Crippen LogP contribution is 2.21. The number of nitrogens with zero attached hydrogens (tertiary/aromatic N) is 3. The van der Waals surface area contributed by atoms with E-state index in [-0.39, 0.29) is 18.3 Å². The summed E-state index contributed by atoms with van der Waals surface area (Å²) in [5.41, 5.74) is 0.757. The SMILES string of the molecule is O=C(COc1ccc(Br)cc1F)NCCc1nnc2ccccn12. The Labute approximate surface area is 145 Å². The molecule has 0 saturated carbocycles. The number of carbonyl (C=O) groups excluding carboxylic acids is 1. The second-order valence-corrected chi connectivity index (χ2v) is 5.92. The van der Waals surface area contributed by atoms with Gasteiger partial charge in [0.1, 0.15) is 5.82 Å². The molecule has 0 bridgehead atoms. The van der Waals surface area contributed by atoms with Crippen molar-refractivity contribution in [2.45, 2.75) is 6.42 Å². The zero-order valence-electron chi connectivity index (χ0n) is 12.6. The zero-order chi connectivity index (χ0) is 16.9. The number of aromatic nitrogens is 3. The van der Waals surface area contributed by atoms with E-state index in [4.69, 9.17) is 4.74 Å². The van der Waals surface area contributed by atoms with Gasteiger partial charge in [0, 0.05) is 23.6 Å². The Balaban J connectivity index is 1.47. The van der Waals surface area contributed by atoms with Crippen molar-refractivity contribution < 1.29 is 13.9 Å². The number of nitrogens with one attached hydrogen (secondary N) is 1. The van der Waals surface area contributed by atoms with Crippen molar-refractivity contribution in [3.05, 3.63) is 58.7 Å². The number of carbonyl (C=O) groups is 1. The number of ether oxygens (including phenoxy) is 1. The molecule has 124 valence electrons. The van der Waals surface area contributed by atoms with Crippen molar-refractivity contribution in [2.24, 2.45) is 0 Å². The molecule has 1 amide bonds. The van der Waals surface area contributed by atoms with E-state index in [9.17, 15) is 9.18 Å². The van der Waals surface area contributed by atoms with E-state index in [1.807, 2.05) is 28.8 Å². The minimum atomic E-state index is -0.521. The van der Waals surface area contributed by atoms with Crippen molar-refractivity contribution in [2.75, 3.05) is 13.2 Å². The van der Waals surface area contributed by atoms with Gasteiger partial charge in [-0.25, -0.2) is 4.39 Å². The third-order valence-corrected chi connectivity index (χ3v) is 3.80. The van der Waals surface area contributed by atoms with Gasteiger partial charge in [0.25, 0.3) is 5.91 Å². The standard InChI is InChI=1S/C16H14BrFN4O2/c17-11-4-5-13(12(18)9-11)24-10-16(23)19-7-6-15-21-20-14-3-1-2-8-22(14)15/h1-5,8-9H,6-7,10H2,(H,19,23). The van der Waals surface area contributed by atoms with Crippen molar-refractivity contribution in [3.63, 3.8) is 0 Å². The molecule has 0 fully saturated rings. The fourth-order valence-electron chi connectivity index (χ4n) is 2.16. The van der Waals surface area contributed by atoms with Crippen LogP contribution in [0.3, 0.4) is 0 Å². The fourth-order valence-corrected chi connectivity index (χ4v) is 2.49. The molecule has 8 heteroatoms. The Kier molecular flexibility index (Phi) is 5.05. The molecular weight excluding hydrogens is 379 g/mol. The Morgan fingerprint density at radius 3 is 3.00 bits per heavy atom. The van der Waals surface area contributed by atoms with Gasteiger partial charge in [-0.3, -0.25) is 9.20 Å². The van der Waals surface area contributed by atoms with Crippen LogP contribution in [0.1, 0.15) is 5.82 Å². The minimum absolute atomic E-state index is 0.0387. The summed E-state index contributed by atoms with van der Waals surface area (Å²) in [5, 5.41) is 10.8. The topological polar surface area (TPSA) is 68.5 Å². The smallest absolute Gasteiger partial charge is 0.257 e. The average Bonchev–Trinajstić information content (AvgIpc) is 2.97. The number of amides is 1. The molecule has 1 aromatic carbocycles. The zero-order valence-corrected chi connectivity index (χ0v) is 14.2. The molecule has 0 atom stereocenters. The summed E-state index contributed by atoms with van der Waals surface area (Å²) >= 11 is 3.16. The molecule has 0 saturated heterocycles. The average molecular weight is 393 g/mol. The summed E-state index contributed by atoms with van der Waals surface area (Å²) in [4.78, 5) is 11.8. The highest BCUT2D eigenvalue weighted by atomic mass is 79.9. The van der Waals surface area contributed by atoms with Gasteiger partial charge in [-0.2, -0.15) is 0 Å². The first-order valence-corrected chi connectivity index (χ1v) is 8.06. The molecule has 0 aliphatic rings. The van der Waals surface area contributed by atoms with Gasteiger partial charge >= 0.3 is 0 Å². The monoisotopic (exact) mass is 392 g/mol. The van der Waals surface area contributed by atoms with Gasteiger partial charge < -0.3 is 10.1 Å². The molecule has 0 aliphatic carbocycles. The molecule has 3 rings (SSSR count). The van der Waals surface area contributed by atoms with E-state index in [1.54, 1.807) is 6.07 Å². The van der Waals surface area contributed by atoms with E-state index >= 15 is 0 Å². The number of rotatable bonds is 6. The summed E-state index contributed by atoms with van der Waals surface area (Å²) in [6.07, 6.45) is 2.40. The summed E-state index contributed by atoms with van der Waals surface area (Å²) in [6.45, 7) is 0.139. The number of halogens is 2. The quantitative estimate of drug-likeness (QED) is 0.698. The fraction of sp³-hybridized carbons (Fsp3) is 0.188. The lowest BCUT2D eigenvalue weighted by Gasteiger charge is -2.08. The van der Waals surface area contributed by atoms with E-state index < -0.39 is 5.82 Å². The molecular formula is C16H14BrFN4O2. The molecule has 2 aromatic heterocycles. The first-order chi connectivity index (χ1) is 11.6. The summed E-state index contributed by atoms with van der Waals surface area (Å²) in [7, 11) is 0. The van der Waals surface area contributed by atoms with Crippen LogP contribution >= 0.6 is 15.9 Å². The number of fused-ring (bicyclic) bond motifs is 1. The molecule has 6 nitrogen and oxygen atoms in total. The predicted molar refractivity (Wildman–Crippen MR) is 89.3 cm³/mol. The summed E-state index contributed by atoms with van der Waals surface area (Å²) in [5.74, 6) is -0.0548. The third-order valence-electron chi connectivity index (χ3n) is 3.31. The van der Waals surface area contributed by atoms with Crippen LogP contribution in [-0.4, -0.2) is 33.7 Å². The van der Waals surface area contributed by atoms with E-state index in [0.717, 1.165) is 11.5 Å². The van der Waals surface area contributed by atoms with Crippen LogP contribution in [0.25, 0.3) is 5.65 Å². The van der Waals surface area contributed by atoms with Crippen LogP contribution in [0.4, 0.5) is 4.39 Å². The summed E-state index contributed by atoms with van der Waals surface area (Å²) < 4.78 is 21.2. The maximum atomic E-state index is 13.6. The maximum Gasteiger partial charge on any atom is 0.257 e. The van der Waals surface area contributed by atoms with Gasteiger partial charge in [-0.15, -0.1) is 10.2 Å². The van der Waals surface area contributed by atoms with E-state index in [1.165, 1.54) is 12.1 Å². The van der Waals surface area contributed by atoms with Crippen LogP contribution in [0.15, 0.2) is 47.1 Å². The molecule has 0 spiro atoms. The lowest BCUT2D eigenvalue weighted by atomic mass is 10.3. The maximum absolute atomic E-state index is 13.6. The lowest BCUT2D eigenvalue weighted by molar-refractivity contribution is -0.123. The molecule has 0 aliphatic heterocycles. The van der Waals surface area contributed by atoms with Crippen LogP contribution < -0.4 is 10.1 Å². The number of hydrogen-bond donors (Lipinski definition) is 1. The van der Waals surface area contributed by atoms with Crippen molar-refractivity contribution in [3.8, 4) is 5.75 Å². The Morgan fingerprint density at radius 1 is 1.29 bits per heavy atom. The summed E-state index contributed by atoms with van der Waals surface area (Å²) in [6, 6.07) is 10.0. The van der Waals surface area contributed by atoms with Crippen LogP contribution in [0.5, 0.6) is 5.75 Å². The normalized spacial score (nSPS) is 10.8. The third kappa shape index (κ3) is 3.88. The van der Waals surface area contributed by atoms with Gasteiger partial charge in [-0.1, -0.05) is 22.0 Å². The molecule has 0 unspecified atom stereocenters. The highest BCUT2D eigenvalue weighted by molar-refractivity contribution is 9.10. The molecule has 3 aromatic rings. The number of hydrogen-bond acceptors (Lipinski definition) is 4. The first-order valence-electron chi connectivity index (χ1n) is 7.26. The lowest BCUT2D eigenvalue weighted by Crippen LogP contribution is -2.31. The van der Waals surface area contributed by atoms with Crippen molar-refractivity contribution >= 4 is 27.5 Å². The molecule has 24 heavy (non-hydrogen) atoms. The van der Waals surface area contributed by atoms with Gasteiger partial charge in [0.05, 0.1) is 0 Å². The van der Waals surface area contributed by atoms with Crippen LogP contribution in [-0.2, 0) is 11.2 Å². The van der Waals surface area contributed by atoms with Gasteiger partial charge in [-0.05, 0) is 30.3 Å². The Hall–Kier alpha value is -2.48. The first kappa shape index (κ1) is 16.4. The molecule has 0 radical (unpaired) electrons. The molecule has 1 N–H and O–H groups in total. The second kappa shape index (κ2) is 7.39. The van der Waals surface area contributed by atoms with E-state index in [0.29, 0.717) is 17.4 Å². The highest BCUT2D eigenvalue weighted by Gasteiger charge is 2.08. The van der Waals surface area contributed by atoms with Crippen molar-refractivity contribution in [1.29, 1.82) is 0 Å². The number of pyridine rings is 1. The van der Waals surface area contributed by atoms with Gasteiger partial charge in [0.15, 0.2) is 23.8 Å². The Morgan fingerprint density at radius 2 is 2.17 bits per heavy atom. The van der Waals surface area contributed by atoms with E-state index in [2.05, 4.69) is 31.4 Å². The second-order valence-electron chi connectivity index (χ2n) is 5.01. The van der Waals surface area contributed by atoms with Crippen LogP contribution in [0, 0.1) is 5.82 Å². The predicted octanol–water partition coefficient (Wildman–Crippen LogP) is 2.37. The minimum Gasteiger partial charge on any atom is -0.481 e. The Bertz CT molecular complexity index is 868. The number of benzene rings is 1. The van der Waals surface area contributed by atoms with Gasteiger partial charge in [0.2, 0.25) is 0 Å².